The number of pyridine rings is 2. The Labute approximate surface area is 169 Å². The Hall–Kier alpha value is -3.70. The number of hydrogen-bond donors (Lipinski definition) is 3. The smallest absolute Gasteiger partial charge is 0.242 e. The van der Waals surface area contributed by atoms with Crippen molar-refractivity contribution in [2.75, 3.05) is 12.4 Å². The number of rotatable bonds is 4. The Morgan fingerprint density at radius 3 is 2.76 bits per heavy atom. The zero-order valence-electron chi connectivity index (χ0n) is 16.8. The van der Waals surface area contributed by atoms with Gasteiger partial charge in [-0.15, -0.1) is 0 Å². The Kier molecular flexibility index (Phi) is 5.90. The molecule has 4 N–H and O–H groups in total. The van der Waals surface area contributed by atoms with Crippen LogP contribution >= 0.6 is 0 Å². The molecule has 0 aliphatic rings. The van der Waals surface area contributed by atoms with Gasteiger partial charge in [-0.1, -0.05) is 0 Å². The van der Waals surface area contributed by atoms with Crippen LogP contribution in [-0.2, 0) is 11.8 Å². The van der Waals surface area contributed by atoms with Crippen molar-refractivity contribution in [3.05, 3.63) is 53.1 Å². The van der Waals surface area contributed by atoms with Crippen LogP contribution in [0.2, 0.25) is 0 Å². The van der Waals surface area contributed by atoms with E-state index in [2.05, 4.69) is 37.5 Å². The minimum Gasteiger partial charge on any atom is -0.402 e. The van der Waals surface area contributed by atoms with Gasteiger partial charge in [-0.05, 0) is 63.1 Å². The van der Waals surface area contributed by atoms with Crippen molar-refractivity contribution >= 4 is 28.8 Å². The molecular weight excluding hydrogens is 366 g/mol. The molecule has 0 spiro atoms. The summed E-state index contributed by atoms with van der Waals surface area (Å²) in [4.78, 5) is 21.0. The number of nitrogens with zero attached hydrogens (tertiary/aromatic N) is 4. The average Bonchev–Trinajstić information content (AvgIpc) is 3.03. The molecule has 0 saturated heterocycles. The van der Waals surface area contributed by atoms with Crippen LogP contribution in [0.15, 0.2) is 36.2 Å². The van der Waals surface area contributed by atoms with E-state index < -0.39 is 0 Å². The van der Waals surface area contributed by atoms with Gasteiger partial charge in [0.2, 0.25) is 5.91 Å². The third-order valence-corrected chi connectivity index (χ3v) is 4.28. The lowest BCUT2D eigenvalue weighted by Crippen LogP contribution is -2.35. The molecule has 8 heteroatoms. The lowest BCUT2D eigenvalue weighted by Gasteiger charge is -2.11. The molecule has 0 saturated carbocycles. The van der Waals surface area contributed by atoms with Gasteiger partial charge < -0.3 is 16.4 Å². The maximum absolute atomic E-state index is 12.1. The van der Waals surface area contributed by atoms with Gasteiger partial charge in [0.1, 0.15) is 17.2 Å². The number of likely N-dealkylation sites (N-methyl/N-ethyl adjacent to an activating group) is 1. The molecule has 0 aliphatic heterocycles. The predicted molar refractivity (Wildman–Crippen MR) is 114 cm³/mol. The first-order valence-corrected chi connectivity index (χ1v) is 9.11. The fourth-order valence-corrected chi connectivity index (χ4v) is 2.67. The van der Waals surface area contributed by atoms with Crippen molar-refractivity contribution < 1.29 is 4.79 Å². The first kappa shape index (κ1) is 20.0. The predicted octanol–water partition coefficient (Wildman–Crippen LogP) is 1.63. The normalized spacial score (nSPS) is 12.3. The number of nitrogens with one attached hydrogen (secondary N) is 2. The quantitative estimate of drug-likeness (QED) is 0.585. The molecule has 0 bridgehead atoms. The zero-order chi connectivity index (χ0) is 21.0. The molecule has 1 unspecified atom stereocenters. The zero-order valence-corrected chi connectivity index (χ0v) is 16.8. The van der Waals surface area contributed by atoms with Gasteiger partial charge in [-0.25, -0.2) is 14.6 Å². The summed E-state index contributed by atoms with van der Waals surface area (Å²) in [5.41, 5.74) is 9.08. The Morgan fingerprint density at radius 2 is 2.03 bits per heavy atom. The Morgan fingerprint density at radius 1 is 1.28 bits per heavy atom. The fourth-order valence-electron chi connectivity index (χ4n) is 2.67. The highest BCUT2D eigenvalue weighted by Gasteiger charge is 2.12. The molecule has 3 aromatic heterocycles. The van der Waals surface area contributed by atoms with E-state index in [1.807, 2.05) is 25.2 Å². The number of carbonyl (C=O) groups is 1. The molecule has 0 radical (unpaired) electrons. The Balaban J connectivity index is 2.02. The minimum atomic E-state index is -0.343. The summed E-state index contributed by atoms with van der Waals surface area (Å²) in [5, 5.41) is 11.0. The van der Waals surface area contributed by atoms with Crippen molar-refractivity contribution in [3.63, 3.8) is 0 Å². The highest BCUT2D eigenvalue weighted by molar-refractivity contribution is 5.93. The van der Waals surface area contributed by atoms with Gasteiger partial charge in [0.05, 0.1) is 11.4 Å². The van der Waals surface area contributed by atoms with Crippen LogP contribution in [0.1, 0.15) is 30.8 Å². The van der Waals surface area contributed by atoms with Crippen LogP contribution in [0.25, 0.3) is 17.1 Å². The van der Waals surface area contributed by atoms with Gasteiger partial charge in [-0.2, -0.15) is 5.10 Å². The van der Waals surface area contributed by atoms with E-state index in [-0.39, 0.29) is 11.9 Å². The number of aryl methyl sites for hydroxylation is 1. The molecule has 29 heavy (non-hydrogen) atoms. The van der Waals surface area contributed by atoms with Crippen LogP contribution in [0.5, 0.6) is 0 Å². The maximum Gasteiger partial charge on any atom is 0.242 e. The van der Waals surface area contributed by atoms with Gasteiger partial charge in [0.15, 0.2) is 5.65 Å². The lowest BCUT2D eigenvalue weighted by atomic mass is 10.1. The lowest BCUT2D eigenvalue weighted by molar-refractivity contribution is -0.117. The summed E-state index contributed by atoms with van der Waals surface area (Å²) in [6, 6.07) is 6.97. The number of allylic oxidation sites excluding steroid dienone is 1. The maximum atomic E-state index is 12.1. The molecule has 0 aliphatic carbocycles. The molecule has 1 atom stereocenters. The number of amides is 1. The van der Waals surface area contributed by atoms with Crippen LogP contribution < -0.4 is 16.4 Å². The van der Waals surface area contributed by atoms with Crippen molar-refractivity contribution in [1.29, 1.82) is 0 Å². The van der Waals surface area contributed by atoms with E-state index in [0.29, 0.717) is 22.9 Å². The number of nitrogens with two attached hydrogens (primary N) is 1. The van der Waals surface area contributed by atoms with Crippen LogP contribution in [0, 0.1) is 11.8 Å². The van der Waals surface area contributed by atoms with Gasteiger partial charge >= 0.3 is 0 Å². The standard InChI is InChI=1S/C21H23N7O/c1-13(22)12-15-7-10-19(26-21(29)14(2)23-3)25-17(15)8-9-18-16-6-5-11-24-20(16)28(4)27-18/h5-7,10-12,14,23H,22H2,1-4H3,(H,25,26,29)/b13-12+. The summed E-state index contributed by atoms with van der Waals surface area (Å²) >= 11 is 0. The van der Waals surface area contributed by atoms with Gasteiger partial charge in [0, 0.05) is 24.5 Å². The molecule has 3 aromatic rings. The highest BCUT2D eigenvalue weighted by atomic mass is 16.2. The first-order valence-electron chi connectivity index (χ1n) is 9.11. The van der Waals surface area contributed by atoms with Gasteiger partial charge in [-0.3, -0.25) is 4.79 Å². The van der Waals surface area contributed by atoms with E-state index in [9.17, 15) is 4.79 Å². The van der Waals surface area contributed by atoms with Crippen molar-refractivity contribution in [1.82, 2.24) is 25.1 Å². The molecule has 0 fully saturated rings. The summed E-state index contributed by atoms with van der Waals surface area (Å²) in [7, 11) is 3.54. The molecule has 1 amide bonds. The SMILES string of the molecule is CNC(C)C(=O)Nc1ccc(/C=C(\C)N)c(C#Cc2nn(C)c3ncccc23)n1. The number of hydrogen-bond acceptors (Lipinski definition) is 6. The molecule has 0 aromatic carbocycles. The van der Waals surface area contributed by atoms with E-state index in [0.717, 1.165) is 16.6 Å². The van der Waals surface area contributed by atoms with Crippen molar-refractivity contribution in [2.45, 2.75) is 19.9 Å². The largest absolute Gasteiger partial charge is 0.402 e. The van der Waals surface area contributed by atoms with Crippen LogP contribution in [-0.4, -0.2) is 38.7 Å². The molecule has 8 nitrogen and oxygen atoms in total. The number of fused-ring (bicyclic) bond motifs is 1. The fraction of sp³-hybridized carbons (Fsp3) is 0.238. The second-order valence-electron chi connectivity index (χ2n) is 6.62. The number of aromatic nitrogens is 4. The third-order valence-electron chi connectivity index (χ3n) is 4.28. The minimum absolute atomic E-state index is 0.181. The van der Waals surface area contributed by atoms with Crippen molar-refractivity contribution in [3.8, 4) is 11.8 Å². The summed E-state index contributed by atoms with van der Waals surface area (Å²) in [6.45, 7) is 3.56. The van der Waals surface area contributed by atoms with Gasteiger partial charge in [0.25, 0.3) is 0 Å². The first-order chi connectivity index (χ1) is 13.9. The van der Waals surface area contributed by atoms with E-state index in [1.54, 1.807) is 43.9 Å². The van der Waals surface area contributed by atoms with E-state index in [4.69, 9.17) is 5.73 Å². The second-order valence-corrected chi connectivity index (χ2v) is 6.62. The summed E-state index contributed by atoms with van der Waals surface area (Å²) in [6.07, 6.45) is 3.50. The third kappa shape index (κ3) is 4.59. The summed E-state index contributed by atoms with van der Waals surface area (Å²) in [5.74, 6) is 6.37. The Bertz CT molecular complexity index is 1150. The number of carbonyl (C=O) groups excluding carboxylic acids is 1. The van der Waals surface area contributed by atoms with E-state index in [1.165, 1.54) is 0 Å². The second kappa shape index (κ2) is 8.54. The average molecular weight is 389 g/mol. The molecule has 148 valence electrons. The molecule has 3 rings (SSSR count). The number of anilines is 1. The van der Waals surface area contributed by atoms with Crippen molar-refractivity contribution in [2.24, 2.45) is 12.8 Å². The topological polar surface area (TPSA) is 111 Å². The van der Waals surface area contributed by atoms with Crippen LogP contribution in [0.3, 0.4) is 0 Å². The molecular formula is C21H23N7O. The molecule has 3 heterocycles. The van der Waals surface area contributed by atoms with Crippen LogP contribution in [0.4, 0.5) is 5.82 Å². The van der Waals surface area contributed by atoms with E-state index >= 15 is 0 Å². The highest BCUT2D eigenvalue weighted by Crippen LogP contribution is 2.16. The summed E-state index contributed by atoms with van der Waals surface area (Å²) < 4.78 is 1.69. The monoisotopic (exact) mass is 389 g/mol.